The van der Waals surface area contributed by atoms with Gasteiger partial charge in [-0.15, -0.1) is 0 Å². The Kier molecular flexibility index (Phi) is 1.23. The topological polar surface area (TPSA) is 27.4 Å². The van der Waals surface area contributed by atoms with Gasteiger partial charge in [0.25, 0.3) is 7.23 Å². The van der Waals surface area contributed by atoms with Crippen molar-refractivity contribution in [1.29, 1.82) is 0 Å². The maximum absolute atomic E-state index is 7.27. The average Bonchev–Trinajstić information content (AvgIpc) is 1.96. The van der Waals surface area contributed by atoms with Crippen LogP contribution in [0.5, 0.6) is 0 Å². The second-order valence-electron chi connectivity index (χ2n) is 2.37. The van der Waals surface area contributed by atoms with Crippen molar-refractivity contribution in [2.24, 2.45) is 4.99 Å². The molecule has 1 aliphatic heterocycles. The van der Waals surface area contributed by atoms with E-state index in [4.69, 9.17) is 2.78 Å². The van der Waals surface area contributed by atoms with Crippen molar-refractivity contribution in [1.82, 2.24) is 5.31 Å². The molecule has 10 heavy (non-hydrogen) atoms. The smallest absolute Gasteiger partial charge is 0.256 e. The number of hydrogen-bond donors (Lipinski definition) is 1. The Bertz CT molecular complexity index is 268. The Labute approximate surface area is 63.7 Å². The average molecular weight is 142 g/mol. The molecule has 0 bridgehead atoms. The molecule has 0 aromatic heterocycles. The molecule has 0 spiro atoms. The molecule has 54 valence electrons. The van der Waals surface area contributed by atoms with Gasteiger partial charge in [0, 0.05) is 0 Å². The van der Waals surface area contributed by atoms with Gasteiger partial charge in [0.05, 0.1) is 6.04 Å². The van der Waals surface area contributed by atoms with E-state index in [1.807, 2.05) is 13.8 Å². The lowest BCUT2D eigenvalue weighted by Crippen LogP contribution is -2.29. The number of nitrogens with zero attached hydrogens (tertiary/aromatic N) is 2. The molecule has 0 aromatic rings. The summed E-state index contributed by atoms with van der Waals surface area (Å²) < 4.78 is 16.2. The van der Waals surface area contributed by atoms with E-state index in [9.17, 15) is 0 Å². The number of rotatable bonds is 1. The highest BCUT2D eigenvalue weighted by atomic mass is 15.2. The zero-order chi connectivity index (χ0) is 9.30. The van der Waals surface area contributed by atoms with Gasteiger partial charge in [0.1, 0.15) is 1.37 Å². The van der Waals surface area contributed by atoms with Gasteiger partial charge in [0.15, 0.2) is 6.34 Å². The van der Waals surface area contributed by atoms with Crippen LogP contribution in [0.4, 0.5) is 0 Å². The minimum Gasteiger partial charge on any atom is -0.256 e. The van der Waals surface area contributed by atoms with Crippen LogP contribution in [-0.4, -0.2) is 23.3 Å². The summed E-state index contributed by atoms with van der Waals surface area (Å²) in [5, 5.41) is 0.911. The van der Waals surface area contributed by atoms with Gasteiger partial charge in [-0.25, -0.2) is 4.58 Å². The molecule has 0 saturated carbocycles. The summed E-state index contributed by atoms with van der Waals surface area (Å²) in [5.41, 5.74) is 0. The van der Waals surface area contributed by atoms with Gasteiger partial charge < -0.3 is 0 Å². The van der Waals surface area contributed by atoms with Gasteiger partial charge in [0.2, 0.25) is 6.31 Å². The lowest BCUT2D eigenvalue weighted by Gasteiger charge is -2.10. The molecule has 0 saturated heterocycles. The molecule has 3 nitrogen and oxygen atoms in total. The van der Waals surface area contributed by atoms with Crippen LogP contribution in [-0.2, 0) is 0 Å². The molecule has 1 rings (SSSR count). The first kappa shape index (κ1) is 4.66. The van der Waals surface area contributed by atoms with Crippen molar-refractivity contribution in [3.05, 3.63) is 12.4 Å². The maximum Gasteiger partial charge on any atom is 0.265 e. The molecule has 0 unspecified atom stereocenters. The highest BCUT2D eigenvalue weighted by molar-refractivity contribution is 5.74. The Hall–Kier alpha value is -1.12. The highest BCUT2D eigenvalue weighted by Crippen LogP contribution is 2.00. The van der Waals surface area contributed by atoms with Gasteiger partial charge in [-0.1, -0.05) is 4.99 Å². The maximum atomic E-state index is 7.27. The van der Waals surface area contributed by atoms with Gasteiger partial charge in [-0.3, -0.25) is 5.31 Å². The Morgan fingerprint density at radius 3 is 3.30 bits per heavy atom. The normalized spacial score (nSPS) is 21.9. The molecule has 3 heteroatoms. The summed E-state index contributed by atoms with van der Waals surface area (Å²) in [5.74, 6) is 0.513. The van der Waals surface area contributed by atoms with Crippen LogP contribution in [0.25, 0.3) is 0 Å². The first-order valence-electron chi connectivity index (χ1n) is 4.12. The summed E-state index contributed by atoms with van der Waals surface area (Å²) in [6.07, 6.45) is 1.40. The predicted molar refractivity (Wildman–Crippen MR) is 42.2 cm³/mol. The minimum atomic E-state index is -0.100. The zero-order valence-corrected chi connectivity index (χ0v) is 6.20. The highest BCUT2D eigenvalue weighted by Gasteiger charge is 2.11. The summed E-state index contributed by atoms with van der Waals surface area (Å²) in [7, 11) is 0. The summed E-state index contributed by atoms with van der Waals surface area (Å²) >= 11 is 0. The summed E-state index contributed by atoms with van der Waals surface area (Å²) in [6.45, 7) is 7.62. The fourth-order valence-electron chi connectivity index (χ4n) is 0.730. The monoisotopic (exact) mass is 142 g/mol. The molecular weight excluding hydrogens is 126 g/mol. The zero-order valence-electron chi connectivity index (χ0n) is 8.20. The third-order valence-electron chi connectivity index (χ3n) is 1.27. The lowest BCUT2D eigenvalue weighted by molar-refractivity contribution is -0.508. The van der Waals surface area contributed by atoms with Crippen LogP contribution >= 0.6 is 0 Å². The van der Waals surface area contributed by atoms with E-state index >= 15 is 0 Å². The fourth-order valence-corrected chi connectivity index (χ4v) is 0.730. The van der Waals surface area contributed by atoms with Crippen LogP contribution in [0.15, 0.2) is 17.4 Å². The molecule has 1 heterocycles. The fraction of sp³-hybridized carbons (Fsp3) is 0.429. The van der Waals surface area contributed by atoms with Crippen LogP contribution in [0.3, 0.4) is 0 Å². The number of amidine groups is 1. The largest absolute Gasteiger partial charge is 0.265 e. The quantitative estimate of drug-likeness (QED) is 0.531. The number of aliphatic imine (C=N–C) groups is 1. The van der Waals surface area contributed by atoms with E-state index < -0.39 is 0 Å². The standard InChI is InChI=1S/C7H11N3/c1-6(2)10-5-8-4-9-7(10)3/h4-6H,3H2,1-2H3/p+1/i4T/hT. The molecule has 0 amide bonds. The second kappa shape index (κ2) is 2.64. The summed E-state index contributed by atoms with van der Waals surface area (Å²) in [4.78, 5) is 3.79. The van der Waals surface area contributed by atoms with Crippen molar-refractivity contribution >= 4 is 12.7 Å². The minimum absolute atomic E-state index is 0.100. The van der Waals surface area contributed by atoms with Crippen molar-refractivity contribution < 1.29 is 7.36 Å². The van der Waals surface area contributed by atoms with Crippen molar-refractivity contribution in [2.45, 2.75) is 19.9 Å². The van der Waals surface area contributed by atoms with E-state index in [2.05, 4.69) is 11.6 Å². The van der Waals surface area contributed by atoms with Crippen LogP contribution < -0.4 is 5.31 Å². The third-order valence-corrected chi connectivity index (χ3v) is 1.27. The number of hydrogen-bond acceptors (Lipinski definition) is 2. The van der Waals surface area contributed by atoms with Crippen molar-refractivity contribution in [3.8, 4) is 0 Å². The third kappa shape index (κ3) is 1.23. The van der Waals surface area contributed by atoms with Gasteiger partial charge in [-0.2, -0.15) is 0 Å². The predicted octanol–water partition coefficient (Wildman–Crippen LogP) is 0.538. The Morgan fingerprint density at radius 1 is 2.00 bits per heavy atom. The molecule has 0 radical (unpaired) electrons. The van der Waals surface area contributed by atoms with Crippen LogP contribution in [0.1, 0.15) is 15.2 Å². The van der Waals surface area contributed by atoms with Crippen molar-refractivity contribution in [3.63, 3.8) is 0 Å². The van der Waals surface area contributed by atoms with E-state index in [1.165, 1.54) is 6.34 Å². The molecule has 0 atom stereocenters. The first-order valence-corrected chi connectivity index (χ1v) is 3.18. The second-order valence-corrected chi connectivity index (χ2v) is 2.37. The Morgan fingerprint density at radius 2 is 2.70 bits per heavy atom. The Balaban J connectivity index is 2.93. The van der Waals surface area contributed by atoms with E-state index in [0.29, 0.717) is 5.82 Å². The molecular formula is C7H12N3+. The lowest BCUT2D eigenvalue weighted by atomic mass is 10.4. The first-order chi connectivity index (χ1) is 5.52. The molecule has 1 N–H and O–H groups in total. The van der Waals surface area contributed by atoms with Gasteiger partial charge >= 0.3 is 0 Å². The van der Waals surface area contributed by atoms with E-state index in [0.717, 1.165) is 5.31 Å². The van der Waals surface area contributed by atoms with Crippen molar-refractivity contribution in [2.75, 3.05) is 0 Å². The molecule has 0 aliphatic carbocycles. The van der Waals surface area contributed by atoms with E-state index in [-0.39, 0.29) is 12.4 Å². The molecule has 0 aromatic carbocycles. The van der Waals surface area contributed by atoms with Crippen LogP contribution in [0.2, 0.25) is 1.41 Å². The van der Waals surface area contributed by atoms with E-state index in [1.54, 1.807) is 4.58 Å². The number of nitrogens with one attached hydrogen (secondary N) is 1. The van der Waals surface area contributed by atoms with Crippen LogP contribution in [0, 0.1) is 0 Å². The van der Waals surface area contributed by atoms with Gasteiger partial charge in [-0.05, 0) is 20.4 Å². The molecule has 1 aliphatic rings. The molecule has 0 fully saturated rings. The SMILES string of the molecule is [3H]C1=NC(=C)[N+](C(C)C)=CN1[3H]. The summed E-state index contributed by atoms with van der Waals surface area (Å²) in [6, 6.07) is 0.210.